The van der Waals surface area contributed by atoms with Gasteiger partial charge in [0, 0.05) is 17.8 Å². The lowest BCUT2D eigenvalue weighted by molar-refractivity contribution is 0.563. The largest absolute Gasteiger partial charge is 0.422 e. The topological polar surface area (TPSA) is 43.1 Å². The third-order valence-corrected chi connectivity index (χ3v) is 2.63. The standard InChI is InChI=1S/C14H9NO2/c16-14-12(10-5-7-15-8-6-10)9-11-3-1-2-4-13(11)17-14/h1-9H. The van der Waals surface area contributed by atoms with Crippen LogP contribution in [0.15, 0.2) is 64.1 Å². The van der Waals surface area contributed by atoms with Crippen molar-refractivity contribution in [2.24, 2.45) is 0 Å². The van der Waals surface area contributed by atoms with E-state index in [2.05, 4.69) is 4.98 Å². The normalized spacial score (nSPS) is 10.6. The Bertz CT molecular complexity index is 717. The van der Waals surface area contributed by atoms with Crippen molar-refractivity contribution in [2.75, 3.05) is 0 Å². The van der Waals surface area contributed by atoms with Crippen LogP contribution in [0.4, 0.5) is 0 Å². The SMILES string of the molecule is O=c1oc2ccccc2cc1-c1ccncc1. The average Bonchev–Trinajstić information content (AvgIpc) is 2.39. The minimum Gasteiger partial charge on any atom is -0.422 e. The highest BCUT2D eigenvalue weighted by Crippen LogP contribution is 2.19. The first-order valence-electron chi connectivity index (χ1n) is 5.28. The highest BCUT2D eigenvalue weighted by Gasteiger charge is 2.06. The van der Waals surface area contributed by atoms with Gasteiger partial charge in [-0.3, -0.25) is 4.98 Å². The Hall–Kier alpha value is -2.42. The van der Waals surface area contributed by atoms with Gasteiger partial charge in [0.05, 0.1) is 5.56 Å². The molecule has 82 valence electrons. The summed E-state index contributed by atoms with van der Waals surface area (Å²) in [6, 6.07) is 12.9. The molecule has 3 heteroatoms. The molecule has 2 heterocycles. The molecular formula is C14H9NO2. The number of hydrogen-bond acceptors (Lipinski definition) is 3. The number of pyridine rings is 1. The molecule has 0 amide bonds. The molecule has 0 atom stereocenters. The van der Waals surface area contributed by atoms with Gasteiger partial charge >= 0.3 is 5.63 Å². The van der Waals surface area contributed by atoms with Crippen molar-refractivity contribution >= 4 is 11.0 Å². The molecule has 0 saturated carbocycles. The van der Waals surface area contributed by atoms with Crippen molar-refractivity contribution in [3.8, 4) is 11.1 Å². The summed E-state index contributed by atoms with van der Waals surface area (Å²) in [6.07, 6.45) is 3.31. The van der Waals surface area contributed by atoms with Gasteiger partial charge in [0.2, 0.25) is 0 Å². The van der Waals surface area contributed by atoms with Crippen molar-refractivity contribution in [1.82, 2.24) is 4.98 Å². The third kappa shape index (κ3) is 1.72. The van der Waals surface area contributed by atoms with Crippen LogP contribution in [-0.2, 0) is 0 Å². The molecule has 0 fully saturated rings. The maximum atomic E-state index is 11.8. The maximum absolute atomic E-state index is 11.8. The van der Waals surface area contributed by atoms with Crippen molar-refractivity contribution < 1.29 is 4.42 Å². The molecule has 2 aromatic heterocycles. The highest BCUT2D eigenvalue weighted by molar-refractivity contribution is 5.81. The van der Waals surface area contributed by atoms with Crippen molar-refractivity contribution in [3.63, 3.8) is 0 Å². The average molecular weight is 223 g/mol. The molecule has 3 aromatic rings. The van der Waals surface area contributed by atoms with E-state index in [0.717, 1.165) is 10.9 Å². The summed E-state index contributed by atoms with van der Waals surface area (Å²) >= 11 is 0. The zero-order valence-electron chi connectivity index (χ0n) is 8.96. The van der Waals surface area contributed by atoms with E-state index >= 15 is 0 Å². The summed E-state index contributed by atoms with van der Waals surface area (Å²) in [7, 11) is 0. The molecule has 3 nitrogen and oxygen atoms in total. The Morgan fingerprint density at radius 1 is 1.00 bits per heavy atom. The van der Waals surface area contributed by atoms with E-state index in [9.17, 15) is 4.79 Å². The van der Waals surface area contributed by atoms with Gasteiger partial charge in [-0.05, 0) is 29.8 Å². The fraction of sp³-hybridized carbons (Fsp3) is 0. The summed E-state index contributed by atoms with van der Waals surface area (Å²) in [6.45, 7) is 0. The van der Waals surface area contributed by atoms with E-state index in [-0.39, 0.29) is 5.63 Å². The van der Waals surface area contributed by atoms with E-state index in [4.69, 9.17) is 4.42 Å². The molecule has 0 unspecified atom stereocenters. The van der Waals surface area contributed by atoms with Crippen LogP contribution in [0.1, 0.15) is 0 Å². The van der Waals surface area contributed by atoms with Crippen LogP contribution < -0.4 is 5.63 Å². The van der Waals surface area contributed by atoms with Crippen LogP contribution in [0, 0.1) is 0 Å². The molecule has 3 rings (SSSR count). The third-order valence-electron chi connectivity index (χ3n) is 2.63. The minimum absolute atomic E-state index is 0.324. The van der Waals surface area contributed by atoms with Crippen LogP contribution in [0.5, 0.6) is 0 Å². The molecule has 0 radical (unpaired) electrons. The number of rotatable bonds is 1. The van der Waals surface area contributed by atoms with Crippen molar-refractivity contribution in [2.45, 2.75) is 0 Å². The molecule has 0 bridgehead atoms. The fourth-order valence-electron chi connectivity index (χ4n) is 1.79. The van der Waals surface area contributed by atoms with Gasteiger partial charge < -0.3 is 4.42 Å². The molecule has 0 spiro atoms. The van der Waals surface area contributed by atoms with Crippen LogP contribution in [0.2, 0.25) is 0 Å². The van der Waals surface area contributed by atoms with Gasteiger partial charge in [-0.1, -0.05) is 18.2 Å². The summed E-state index contributed by atoms with van der Waals surface area (Å²) < 4.78 is 5.27. The van der Waals surface area contributed by atoms with Gasteiger partial charge in [-0.15, -0.1) is 0 Å². The van der Waals surface area contributed by atoms with Gasteiger partial charge in [0.15, 0.2) is 0 Å². The summed E-state index contributed by atoms with van der Waals surface area (Å²) in [5.74, 6) is 0. The van der Waals surface area contributed by atoms with Crippen LogP contribution in [-0.4, -0.2) is 4.98 Å². The molecule has 1 aromatic carbocycles. The van der Waals surface area contributed by atoms with E-state index < -0.39 is 0 Å². The first-order chi connectivity index (χ1) is 8.34. The zero-order chi connectivity index (χ0) is 11.7. The Balaban J connectivity index is 2.31. The Kier molecular flexibility index (Phi) is 2.22. The number of nitrogens with zero attached hydrogens (tertiary/aromatic N) is 1. The van der Waals surface area contributed by atoms with Crippen LogP contribution >= 0.6 is 0 Å². The minimum atomic E-state index is -0.324. The lowest BCUT2D eigenvalue weighted by Gasteiger charge is -2.01. The number of para-hydroxylation sites is 1. The van der Waals surface area contributed by atoms with E-state index in [0.29, 0.717) is 11.1 Å². The smallest absolute Gasteiger partial charge is 0.344 e. The van der Waals surface area contributed by atoms with E-state index in [1.165, 1.54) is 0 Å². The second-order valence-electron chi connectivity index (χ2n) is 3.72. The number of hydrogen-bond donors (Lipinski definition) is 0. The lowest BCUT2D eigenvalue weighted by atomic mass is 10.1. The van der Waals surface area contributed by atoms with Gasteiger partial charge in [-0.2, -0.15) is 0 Å². The lowest BCUT2D eigenvalue weighted by Crippen LogP contribution is -2.02. The Morgan fingerprint density at radius 3 is 2.59 bits per heavy atom. The molecule has 0 saturated heterocycles. The monoisotopic (exact) mass is 223 g/mol. The molecule has 17 heavy (non-hydrogen) atoms. The summed E-state index contributed by atoms with van der Waals surface area (Å²) in [5.41, 5.74) is 1.66. The van der Waals surface area contributed by atoms with Gasteiger partial charge in [0.1, 0.15) is 5.58 Å². The predicted molar refractivity (Wildman–Crippen MR) is 65.7 cm³/mol. The molecular weight excluding hydrogens is 214 g/mol. The fourth-order valence-corrected chi connectivity index (χ4v) is 1.79. The summed E-state index contributed by atoms with van der Waals surface area (Å²) in [5, 5.41) is 0.916. The molecule has 0 aliphatic rings. The Morgan fingerprint density at radius 2 is 1.76 bits per heavy atom. The van der Waals surface area contributed by atoms with Gasteiger partial charge in [-0.25, -0.2) is 4.79 Å². The van der Waals surface area contributed by atoms with E-state index in [1.54, 1.807) is 30.6 Å². The quantitative estimate of drug-likeness (QED) is 0.596. The summed E-state index contributed by atoms with van der Waals surface area (Å²) in [4.78, 5) is 15.8. The zero-order valence-corrected chi connectivity index (χ0v) is 8.96. The van der Waals surface area contributed by atoms with Crippen LogP contribution in [0.3, 0.4) is 0 Å². The molecule has 0 aliphatic heterocycles. The van der Waals surface area contributed by atoms with Gasteiger partial charge in [0.25, 0.3) is 0 Å². The number of aromatic nitrogens is 1. The molecule has 0 aliphatic carbocycles. The number of benzene rings is 1. The predicted octanol–water partition coefficient (Wildman–Crippen LogP) is 2.86. The Labute approximate surface area is 97.4 Å². The first kappa shape index (κ1) is 9.78. The highest BCUT2D eigenvalue weighted by atomic mass is 16.4. The second kappa shape index (κ2) is 3.87. The first-order valence-corrected chi connectivity index (χ1v) is 5.28. The van der Waals surface area contributed by atoms with Crippen molar-refractivity contribution in [3.05, 3.63) is 65.3 Å². The molecule has 0 N–H and O–H groups in total. The van der Waals surface area contributed by atoms with Crippen molar-refractivity contribution in [1.29, 1.82) is 0 Å². The van der Waals surface area contributed by atoms with E-state index in [1.807, 2.05) is 24.3 Å². The maximum Gasteiger partial charge on any atom is 0.344 e. The number of fused-ring (bicyclic) bond motifs is 1. The van der Waals surface area contributed by atoms with Crippen LogP contribution in [0.25, 0.3) is 22.1 Å². The second-order valence-corrected chi connectivity index (χ2v) is 3.72.